The Morgan fingerprint density at radius 1 is 1.69 bits per heavy atom. The van der Waals surface area contributed by atoms with E-state index in [2.05, 4.69) is 4.74 Å². The van der Waals surface area contributed by atoms with E-state index in [1.54, 1.807) is 6.92 Å². The second kappa shape index (κ2) is 4.18. The van der Waals surface area contributed by atoms with Crippen molar-refractivity contribution in [3.8, 4) is 0 Å². The Balaban J connectivity index is 2.45. The Morgan fingerprint density at radius 2 is 2.38 bits per heavy atom. The maximum absolute atomic E-state index is 11.1. The van der Waals surface area contributed by atoms with Crippen LogP contribution in [0.25, 0.3) is 0 Å². The number of carbonyl (C=O) groups is 2. The van der Waals surface area contributed by atoms with Gasteiger partial charge in [0.2, 0.25) is 0 Å². The van der Waals surface area contributed by atoms with Gasteiger partial charge in [0.1, 0.15) is 0 Å². The predicted octanol–water partition coefficient (Wildman–Crippen LogP) is 0.0556. The lowest BCUT2D eigenvalue weighted by molar-refractivity contribution is -0.146. The summed E-state index contributed by atoms with van der Waals surface area (Å²) in [5.41, 5.74) is 0. The lowest BCUT2D eigenvalue weighted by atomic mass is 10.00. The van der Waals surface area contributed by atoms with E-state index in [-0.39, 0.29) is 12.2 Å². The number of rotatable bonds is 3. The summed E-state index contributed by atoms with van der Waals surface area (Å²) in [6.45, 7) is 1.99. The van der Waals surface area contributed by atoms with Crippen molar-refractivity contribution in [1.82, 2.24) is 0 Å². The van der Waals surface area contributed by atoms with Gasteiger partial charge in [-0.2, -0.15) is 0 Å². The maximum Gasteiger partial charge on any atom is 0.306 e. The van der Waals surface area contributed by atoms with E-state index in [0.29, 0.717) is 6.61 Å². The highest BCUT2D eigenvalue weighted by atomic mass is 16.5. The van der Waals surface area contributed by atoms with E-state index in [9.17, 15) is 14.7 Å². The van der Waals surface area contributed by atoms with E-state index in [1.807, 2.05) is 0 Å². The van der Waals surface area contributed by atoms with Crippen LogP contribution in [0.4, 0.5) is 0 Å². The van der Waals surface area contributed by atoms with Crippen LogP contribution in [-0.2, 0) is 14.3 Å². The number of aliphatic hydroxyl groups excluding tert-OH is 1. The maximum atomic E-state index is 11.1. The van der Waals surface area contributed by atoms with Crippen LogP contribution in [0.1, 0.15) is 13.3 Å². The fourth-order valence-corrected chi connectivity index (χ4v) is 1.24. The number of hydrogen-bond acceptors (Lipinski definition) is 4. The molecule has 4 heteroatoms. The summed E-state index contributed by atoms with van der Waals surface area (Å²) in [7, 11) is 0. The highest BCUT2D eigenvalue weighted by Crippen LogP contribution is 2.19. The molecule has 0 saturated heterocycles. The first-order valence-electron chi connectivity index (χ1n) is 4.21. The summed E-state index contributed by atoms with van der Waals surface area (Å²) in [4.78, 5) is 22.0. The molecule has 0 aromatic carbocycles. The third-order valence-corrected chi connectivity index (χ3v) is 1.93. The first kappa shape index (κ1) is 9.92. The smallest absolute Gasteiger partial charge is 0.306 e. The predicted molar refractivity (Wildman–Crippen MR) is 44.9 cm³/mol. The molecule has 1 rings (SSSR count). The zero-order valence-corrected chi connectivity index (χ0v) is 7.40. The summed E-state index contributed by atoms with van der Waals surface area (Å²) in [5, 5.41) is 9.26. The SMILES string of the molecule is CCOC(=O)C[C@H]1C(=O)C=C[C@@H]1O. The third kappa shape index (κ3) is 2.39. The Hall–Kier alpha value is -1.16. The quantitative estimate of drug-likeness (QED) is 0.630. The number of carbonyl (C=O) groups excluding carboxylic acids is 2. The molecule has 0 aromatic rings. The highest BCUT2D eigenvalue weighted by Gasteiger charge is 2.30. The van der Waals surface area contributed by atoms with Crippen LogP contribution in [-0.4, -0.2) is 29.6 Å². The topological polar surface area (TPSA) is 63.6 Å². The van der Waals surface area contributed by atoms with Crippen LogP contribution in [0.3, 0.4) is 0 Å². The zero-order chi connectivity index (χ0) is 9.84. The van der Waals surface area contributed by atoms with Gasteiger partial charge in [-0.3, -0.25) is 9.59 Å². The van der Waals surface area contributed by atoms with Crippen LogP contribution in [0.5, 0.6) is 0 Å². The molecule has 0 fully saturated rings. The second-order valence-corrected chi connectivity index (χ2v) is 2.87. The number of hydrogen-bond donors (Lipinski definition) is 1. The molecule has 1 N–H and O–H groups in total. The van der Waals surface area contributed by atoms with Gasteiger partial charge >= 0.3 is 5.97 Å². The molecule has 0 aromatic heterocycles. The van der Waals surface area contributed by atoms with Crippen molar-refractivity contribution >= 4 is 11.8 Å². The molecule has 0 spiro atoms. The van der Waals surface area contributed by atoms with Gasteiger partial charge in [-0.15, -0.1) is 0 Å². The summed E-state index contributed by atoms with van der Waals surface area (Å²) in [6.07, 6.45) is 1.82. The third-order valence-electron chi connectivity index (χ3n) is 1.93. The Bertz CT molecular complexity index is 244. The molecular weight excluding hydrogens is 172 g/mol. The van der Waals surface area contributed by atoms with Crippen LogP contribution in [0.15, 0.2) is 12.2 Å². The van der Waals surface area contributed by atoms with Gasteiger partial charge in [0.25, 0.3) is 0 Å². The van der Waals surface area contributed by atoms with Crippen molar-refractivity contribution in [1.29, 1.82) is 0 Å². The zero-order valence-electron chi connectivity index (χ0n) is 7.40. The minimum absolute atomic E-state index is 0.0408. The van der Waals surface area contributed by atoms with Crippen LogP contribution < -0.4 is 0 Å². The lowest BCUT2D eigenvalue weighted by Crippen LogP contribution is -2.24. The number of ether oxygens (including phenoxy) is 1. The van der Waals surface area contributed by atoms with Crippen LogP contribution in [0.2, 0.25) is 0 Å². The normalized spacial score (nSPS) is 26.5. The van der Waals surface area contributed by atoms with Crippen molar-refractivity contribution in [2.24, 2.45) is 5.92 Å². The summed E-state index contributed by atoms with van der Waals surface area (Å²) >= 11 is 0. The fraction of sp³-hybridized carbons (Fsp3) is 0.556. The van der Waals surface area contributed by atoms with Gasteiger partial charge in [-0.1, -0.05) is 6.08 Å². The average molecular weight is 184 g/mol. The Kier molecular flexibility index (Phi) is 3.19. The molecule has 13 heavy (non-hydrogen) atoms. The number of esters is 1. The van der Waals surface area contributed by atoms with Gasteiger partial charge in [-0.25, -0.2) is 0 Å². The molecule has 1 aliphatic carbocycles. The van der Waals surface area contributed by atoms with E-state index in [0.717, 1.165) is 0 Å². The first-order chi connectivity index (χ1) is 6.15. The minimum Gasteiger partial charge on any atom is -0.466 e. The molecule has 0 amide bonds. The van der Waals surface area contributed by atoms with E-state index in [4.69, 9.17) is 0 Å². The van der Waals surface area contributed by atoms with E-state index in [1.165, 1.54) is 12.2 Å². The average Bonchev–Trinajstić information content (AvgIpc) is 2.36. The summed E-state index contributed by atoms with van der Waals surface area (Å²) in [6, 6.07) is 0. The molecule has 0 unspecified atom stereocenters. The van der Waals surface area contributed by atoms with Crippen molar-refractivity contribution in [3.05, 3.63) is 12.2 Å². The number of aliphatic hydroxyl groups is 1. The van der Waals surface area contributed by atoms with Gasteiger partial charge in [0, 0.05) is 0 Å². The van der Waals surface area contributed by atoms with Crippen LogP contribution in [0, 0.1) is 5.92 Å². The number of ketones is 1. The van der Waals surface area contributed by atoms with Crippen molar-refractivity contribution < 1.29 is 19.4 Å². The molecule has 0 aliphatic heterocycles. The molecule has 0 bridgehead atoms. The standard InChI is InChI=1S/C9H12O4/c1-2-13-9(12)5-6-7(10)3-4-8(6)11/h3-4,6-7,10H,2,5H2,1H3/t6-,7+/m1/s1. The van der Waals surface area contributed by atoms with Crippen molar-refractivity contribution in [3.63, 3.8) is 0 Å². The first-order valence-corrected chi connectivity index (χ1v) is 4.21. The molecule has 0 heterocycles. The Morgan fingerprint density at radius 3 is 2.85 bits per heavy atom. The molecule has 1 aliphatic rings. The minimum atomic E-state index is -0.836. The second-order valence-electron chi connectivity index (χ2n) is 2.87. The van der Waals surface area contributed by atoms with Gasteiger partial charge in [0.15, 0.2) is 5.78 Å². The molecule has 72 valence electrons. The molecule has 0 saturated carbocycles. The fourth-order valence-electron chi connectivity index (χ4n) is 1.24. The number of allylic oxidation sites excluding steroid dienone is 1. The Labute approximate surface area is 76.2 Å². The molecular formula is C9H12O4. The lowest BCUT2D eigenvalue weighted by Gasteiger charge is -2.11. The summed E-state index contributed by atoms with van der Waals surface area (Å²) in [5.74, 6) is -1.29. The summed E-state index contributed by atoms with van der Waals surface area (Å²) < 4.78 is 4.67. The van der Waals surface area contributed by atoms with Crippen molar-refractivity contribution in [2.45, 2.75) is 19.4 Å². The van der Waals surface area contributed by atoms with Gasteiger partial charge < -0.3 is 9.84 Å². The van der Waals surface area contributed by atoms with Crippen LogP contribution >= 0.6 is 0 Å². The highest BCUT2D eigenvalue weighted by molar-refractivity contribution is 5.97. The molecule has 0 radical (unpaired) electrons. The molecule has 2 atom stereocenters. The van der Waals surface area contributed by atoms with Crippen molar-refractivity contribution in [2.75, 3.05) is 6.61 Å². The van der Waals surface area contributed by atoms with Gasteiger partial charge in [0.05, 0.1) is 25.0 Å². The van der Waals surface area contributed by atoms with Gasteiger partial charge in [-0.05, 0) is 13.0 Å². The largest absolute Gasteiger partial charge is 0.466 e. The van der Waals surface area contributed by atoms with E-state index < -0.39 is 18.0 Å². The monoisotopic (exact) mass is 184 g/mol. The van der Waals surface area contributed by atoms with E-state index >= 15 is 0 Å². The molecule has 4 nitrogen and oxygen atoms in total.